The molecule has 1 fully saturated rings. The van der Waals surface area contributed by atoms with Crippen LogP contribution in [0.3, 0.4) is 0 Å². The van der Waals surface area contributed by atoms with Gasteiger partial charge in [-0.1, -0.05) is 0 Å². The van der Waals surface area contributed by atoms with Crippen LogP contribution in [0.4, 0.5) is 0 Å². The summed E-state index contributed by atoms with van der Waals surface area (Å²) in [7, 11) is 0. The second kappa shape index (κ2) is 2.76. The highest BCUT2D eigenvalue weighted by atomic mass is 35.5. The van der Waals surface area contributed by atoms with Crippen molar-refractivity contribution >= 4 is 29.2 Å². The lowest BCUT2D eigenvalue weighted by Crippen LogP contribution is -2.16. The smallest absolute Gasteiger partial charge is 0.324 e. The van der Waals surface area contributed by atoms with E-state index in [9.17, 15) is 4.79 Å². The molecule has 0 bridgehead atoms. The number of cyclic esters (lactones) is 1. The predicted molar refractivity (Wildman–Crippen MR) is 34.8 cm³/mol. The van der Waals surface area contributed by atoms with Gasteiger partial charge in [0.2, 0.25) is 0 Å². The van der Waals surface area contributed by atoms with Crippen LogP contribution in [0.15, 0.2) is 0 Å². The maximum absolute atomic E-state index is 10.5. The van der Waals surface area contributed by atoms with E-state index in [4.69, 9.17) is 23.2 Å². The van der Waals surface area contributed by atoms with Gasteiger partial charge in [0.1, 0.15) is 5.38 Å². The highest BCUT2D eigenvalue weighted by Gasteiger charge is 2.34. The maximum Gasteiger partial charge on any atom is 0.324 e. The summed E-state index contributed by atoms with van der Waals surface area (Å²) in [5.74, 6) is 0.0445. The van der Waals surface area contributed by atoms with Crippen LogP contribution in [0, 0.1) is 5.92 Å². The van der Waals surface area contributed by atoms with Crippen LogP contribution in [0.2, 0.25) is 0 Å². The molecule has 1 aliphatic rings. The Morgan fingerprint density at radius 2 is 2.44 bits per heavy atom. The Labute approximate surface area is 63.1 Å². The van der Waals surface area contributed by atoms with Crippen molar-refractivity contribution in [1.29, 1.82) is 0 Å². The quantitative estimate of drug-likeness (QED) is 0.432. The van der Waals surface area contributed by atoms with Gasteiger partial charge in [-0.3, -0.25) is 4.79 Å². The molecule has 1 aliphatic heterocycles. The molecule has 0 spiro atoms. The fraction of sp³-hybridized carbons (Fsp3) is 0.800. The summed E-state index contributed by atoms with van der Waals surface area (Å²) in [5, 5.41) is -0.525. The van der Waals surface area contributed by atoms with Crippen molar-refractivity contribution in [1.82, 2.24) is 0 Å². The second-order valence-electron chi connectivity index (χ2n) is 1.95. The largest absolute Gasteiger partial charge is 0.464 e. The lowest BCUT2D eigenvalue weighted by Gasteiger charge is -2.00. The molecular weight excluding hydrogens is 163 g/mol. The first-order valence-corrected chi connectivity index (χ1v) is 3.59. The third-order valence-electron chi connectivity index (χ3n) is 1.28. The van der Waals surface area contributed by atoms with E-state index < -0.39 is 5.38 Å². The summed E-state index contributed by atoms with van der Waals surface area (Å²) in [5.41, 5.74) is 0. The lowest BCUT2D eigenvalue weighted by molar-refractivity contribution is -0.137. The summed E-state index contributed by atoms with van der Waals surface area (Å²) in [4.78, 5) is 10.5. The van der Waals surface area contributed by atoms with Gasteiger partial charge in [0.25, 0.3) is 0 Å². The second-order valence-corrected chi connectivity index (χ2v) is 2.72. The fourth-order valence-electron chi connectivity index (χ4n) is 0.668. The molecule has 0 radical (unpaired) electrons. The first kappa shape index (κ1) is 7.16. The molecule has 0 aromatic heterocycles. The van der Waals surface area contributed by atoms with Crippen molar-refractivity contribution in [3.05, 3.63) is 0 Å². The van der Waals surface area contributed by atoms with Gasteiger partial charge in [-0.25, -0.2) is 0 Å². The molecule has 52 valence electrons. The topological polar surface area (TPSA) is 26.3 Å². The summed E-state index contributed by atoms with van der Waals surface area (Å²) in [6, 6.07) is 0. The standard InChI is InChI=1S/C5H6Cl2O2/c6-1-3-2-9-5(8)4(3)7/h3-4H,1-2H2/t3-,4-/m0/s1. The van der Waals surface area contributed by atoms with Crippen LogP contribution in [-0.4, -0.2) is 23.8 Å². The van der Waals surface area contributed by atoms with Crippen LogP contribution >= 0.6 is 23.2 Å². The molecule has 0 aromatic carbocycles. The molecule has 0 saturated carbocycles. The molecule has 0 amide bonds. The average molecular weight is 169 g/mol. The van der Waals surface area contributed by atoms with E-state index in [-0.39, 0.29) is 11.9 Å². The summed E-state index contributed by atoms with van der Waals surface area (Å²) in [6.45, 7) is 0.372. The Morgan fingerprint density at radius 1 is 1.78 bits per heavy atom. The molecule has 1 saturated heterocycles. The number of hydrogen-bond donors (Lipinski definition) is 0. The normalized spacial score (nSPS) is 34.7. The fourth-order valence-corrected chi connectivity index (χ4v) is 1.25. The molecule has 0 aromatic rings. The highest BCUT2D eigenvalue weighted by molar-refractivity contribution is 6.31. The molecule has 0 unspecified atom stereocenters. The minimum absolute atomic E-state index is 0.000772. The molecule has 2 nitrogen and oxygen atoms in total. The summed E-state index contributed by atoms with van der Waals surface area (Å²) < 4.78 is 4.61. The van der Waals surface area contributed by atoms with Crippen molar-refractivity contribution < 1.29 is 9.53 Å². The van der Waals surface area contributed by atoms with E-state index in [0.717, 1.165) is 0 Å². The first-order chi connectivity index (χ1) is 4.25. The van der Waals surface area contributed by atoms with Crippen molar-refractivity contribution in [3.63, 3.8) is 0 Å². The van der Waals surface area contributed by atoms with E-state index in [0.29, 0.717) is 12.5 Å². The van der Waals surface area contributed by atoms with E-state index in [2.05, 4.69) is 4.74 Å². The van der Waals surface area contributed by atoms with Crippen molar-refractivity contribution in [2.75, 3.05) is 12.5 Å². The van der Waals surface area contributed by atoms with Gasteiger partial charge in [0.05, 0.1) is 6.61 Å². The third-order valence-corrected chi connectivity index (χ3v) is 2.21. The molecular formula is C5H6Cl2O2. The number of rotatable bonds is 1. The van der Waals surface area contributed by atoms with Gasteiger partial charge >= 0.3 is 5.97 Å². The van der Waals surface area contributed by atoms with E-state index in [1.54, 1.807) is 0 Å². The molecule has 1 rings (SSSR count). The van der Waals surface area contributed by atoms with Gasteiger partial charge < -0.3 is 4.74 Å². The van der Waals surface area contributed by atoms with Gasteiger partial charge in [-0.2, -0.15) is 0 Å². The van der Waals surface area contributed by atoms with Crippen LogP contribution in [0.5, 0.6) is 0 Å². The summed E-state index contributed by atoms with van der Waals surface area (Å²) in [6.07, 6.45) is 0. The number of halogens is 2. The van der Waals surface area contributed by atoms with Crippen LogP contribution in [-0.2, 0) is 9.53 Å². The van der Waals surface area contributed by atoms with Gasteiger partial charge in [-0.05, 0) is 0 Å². The monoisotopic (exact) mass is 168 g/mol. The first-order valence-electron chi connectivity index (χ1n) is 2.62. The van der Waals surface area contributed by atoms with Crippen LogP contribution in [0.25, 0.3) is 0 Å². The van der Waals surface area contributed by atoms with E-state index in [1.807, 2.05) is 0 Å². The van der Waals surface area contributed by atoms with E-state index in [1.165, 1.54) is 0 Å². The zero-order valence-electron chi connectivity index (χ0n) is 4.64. The number of alkyl halides is 2. The van der Waals surface area contributed by atoms with Gasteiger partial charge in [0, 0.05) is 11.8 Å². The number of esters is 1. The van der Waals surface area contributed by atoms with E-state index >= 15 is 0 Å². The molecule has 1 heterocycles. The Hall–Kier alpha value is 0.0500. The lowest BCUT2D eigenvalue weighted by atomic mass is 10.1. The molecule has 0 N–H and O–H groups in total. The third kappa shape index (κ3) is 1.30. The SMILES string of the molecule is O=C1OC[C@H](CCl)[C@@H]1Cl. The van der Waals surface area contributed by atoms with Crippen molar-refractivity contribution in [2.24, 2.45) is 5.92 Å². The highest BCUT2D eigenvalue weighted by Crippen LogP contribution is 2.21. The molecule has 4 heteroatoms. The molecule has 9 heavy (non-hydrogen) atoms. The van der Waals surface area contributed by atoms with Crippen LogP contribution in [0.1, 0.15) is 0 Å². The Morgan fingerprint density at radius 3 is 2.67 bits per heavy atom. The molecule has 0 aliphatic carbocycles. The zero-order valence-corrected chi connectivity index (χ0v) is 6.15. The number of hydrogen-bond acceptors (Lipinski definition) is 2. The minimum atomic E-state index is -0.525. The van der Waals surface area contributed by atoms with Gasteiger partial charge in [0.15, 0.2) is 0 Å². The Balaban J connectivity index is 2.51. The van der Waals surface area contributed by atoms with Crippen molar-refractivity contribution in [3.8, 4) is 0 Å². The number of carbonyl (C=O) groups excluding carboxylic acids is 1. The molecule has 2 atom stereocenters. The Kier molecular flexibility index (Phi) is 2.19. The zero-order chi connectivity index (χ0) is 6.85. The van der Waals surface area contributed by atoms with Crippen molar-refractivity contribution in [2.45, 2.75) is 5.38 Å². The number of carbonyl (C=O) groups is 1. The minimum Gasteiger partial charge on any atom is -0.464 e. The predicted octanol–water partition coefficient (Wildman–Crippen LogP) is 1.01. The average Bonchev–Trinajstić information content (AvgIpc) is 2.15. The van der Waals surface area contributed by atoms with Gasteiger partial charge in [-0.15, -0.1) is 23.2 Å². The van der Waals surface area contributed by atoms with Crippen LogP contribution < -0.4 is 0 Å². The summed E-state index contributed by atoms with van der Waals surface area (Å²) >= 11 is 11.0. The Bertz CT molecular complexity index is 126. The maximum atomic E-state index is 10.5. The number of ether oxygens (including phenoxy) is 1.